The first-order chi connectivity index (χ1) is 16.6. The molecule has 5 heterocycles. The monoisotopic (exact) mass is 470 g/mol. The van der Waals surface area contributed by atoms with Gasteiger partial charge < -0.3 is 23.2 Å². The Labute approximate surface area is 196 Å². The van der Waals surface area contributed by atoms with Crippen molar-refractivity contribution in [1.29, 1.82) is 0 Å². The lowest BCUT2D eigenvalue weighted by Crippen LogP contribution is -2.62. The van der Waals surface area contributed by atoms with Crippen LogP contribution in [0.5, 0.6) is 5.75 Å². The van der Waals surface area contributed by atoms with Crippen molar-refractivity contribution in [3.8, 4) is 5.75 Å². The Morgan fingerprint density at radius 2 is 2.03 bits per heavy atom. The average Bonchev–Trinajstić information content (AvgIpc) is 3.58. The first-order valence-corrected chi connectivity index (χ1v) is 11.7. The third-order valence-corrected chi connectivity index (χ3v) is 7.14. The molecule has 34 heavy (non-hydrogen) atoms. The molecule has 1 spiro atoms. The van der Waals surface area contributed by atoms with Crippen LogP contribution in [0.15, 0.2) is 33.4 Å². The van der Waals surface area contributed by atoms with Crippen LogP contribution in [0.3, 0.4) is 0 Å². The largest absolute Gasteiger partial charge is 0.484 e. The van der Waals surface area contributed by atoms with Gasteiger partial charge in [0.2, 0.25) is 12.3 Å². The van der Waals surface area contributed by atoms with Gasteiger partial charge in [-0.05, 0) is 56.5 Å². The third kappa shape index (κ3) is 4.14. The Kier molecular flexibility index (Phi) is 5.45. The lowest BCUT2D eigenvalue weighted by atomic mass is 9.86. The van der Waals surface area contributed by atoms with Gasteiger partial charge in [-0.3, -0.25) is 4.90 Å². The number of nitrogens with zero attached hydrogens (tertiary/aromatic N) is 6. The second kappa shape index (κ2) is 8.62. The predicted molar refractivity (Wildman–Crippen MR) is 117 cm³/mol. The maximum atomic E-state index is 14.1. The van der Waals surface area contributed by atoms with E-state index in [1.54, 1.807) is 19.1 Å². The second-order valence-electron chi connectivity index (χ2n) is 9.43. The summed E-state index contributed by atoms with van der Waals surface area (Å²) in [5.74, 6) is 1.56. The van der Waals surface area contributed by atoms with Crippen LogP contribution in [-0.2, 0) is 11.3 Å². The molecule has 3 fully saturated rings. The molecule has 3 saturated heterocycles. The zero-order valence-corrected chi connectivity index (χ0v) is 19.0. The number of halogens is 1. The summed E-state index contributed by atoms with van der Waals surface area (Å²) in [4.78, 5) is 4.57. The summed E-state index contributed by atoms with van der Waals surface area (Å²) in [5.41, 5.74) is 0.788. The van der Waals surface area contributed by atoms with Crippen molar-refractivity contribution < 1.29 is 22.7 Å². The maximum absolute atomic E-state index is 14.1. The first-order valence-electron chi connectivity index (χ1n) is 11.7. The average molecular weight is 471 g/mol. The Bertz CT molecular complexity index is 1120. The minimum absolute atomic E-state index is 0.118. The highest BCUT2D eigenvalue weighted by Crippen LogP contribution is 2.41. The molecule has 1 unspecified atom stereocenters. The van der Waals surface area contributed by atoms with E-state index in [9.17, 15) is 4.39 Å². The summed E-state index contributed by atoms with van der Waals surface area (Å²) in [5, 5.41) is 15.5. The van der Waals surface area contributed by atoms with E-state index in [0.29, 0.717) is 29.6 Å². The molecule has 0 radical (unpaired) electrons. The number of anilines is 1. The Morgan fingerprint density at radius 3 is 2.76 bits per heavy atom. The van der Waals surface area contributed by atoms with Crippen LogP contribution >= 0.6 is 0 Å². The molecule has 2 aromatic heterocycles. The number of hydrogen-bond acceptors (Lipinski definition) is 10. The molecular weight excluding hydrogens is 443 g/mol. The van der Waals surface area contributed by atoms with Crippen molar-refractivity contribution in [1.82, 2.24) is 25.3 Å². The van der Waals surface area contributed by atoms with Crippen LogP contribution in [-0.4, -0.2) is 69.7 Å². The summed E-state index contributed by atoms with van der Waals surface area (Å²) < 4.78 is 37.0. The molecule has 11 heteroatoms. The number of benzene rings is 1. The number of aryl methyl sites for hydroxylation is 1. The van der Waals surface area contributed by atoms with Gasteiger partial charge >= 0.3 is 6.01 Å². The maximum Gasteiger partial charge on any atom is 0.318 e. The summed E-state index contributed by atoms with van der Waals surface area (Å²) >= 11 is 0. The molecule has 3 aromatic rings. The van der Waals surface area contributed by atoms with E-state index in [-0.39, 0.29) is 23.9 Å². The molecule has 0 aliphatic carbocycles. The van der Waals surface area contributed by atoms with Gasteiger partial charge in [0.25, 0.3) is 5.89 Å². The SMILES string of the molecule is Cc1nnc(COc2ccc(F)cc2C2CCN(C3COC4(C3)CN(c3nnco3)C4)CC2)o1. The molecular formula is C23H27FN6O4. The molecule has 3 aliphatic heterocycles. The highest BCUT2D eigenvalue weighted by Gasteiger charge is 2.52. The van der Waals surface area contributed by atoms with Gasteiger partial charge in [-0.1, -0.05) is 5.10 Å². The molecule has 6 rings (SSSR count). The van der Waals surface area contributed by atoms with Crippen LogP contribution in [0.4, 0.5) is 10.4 Å². The van der Waals surface area contributed by atoms with Crippen molar-refractivity contribution in [3.63, 3.8) is 0 Å². The zero-order chi connectivity index (χ0) is 23.1. The Hall–Kier alpha value is -3.05. The van der Waals surface area contributed by atoms with Crippen molar-refractivity contribution in [2.75, 3.05) is 37.7 Å². The lowest BCUT2D eigenvalue weighted by Gasteiger charge is -2.46. The second-order valence-corrected chi connectivity index (χ2v) is 9.43. The minimum atomic E-state index is -0.250. The number of ether oxygens (including phenoxy) is 2. The van der Waals surface area contributed by atoms with Crippen LogP contribution in [0.1, 0.15) is 42.5 Å². The van der Waals surface area contributed by atoms with E-state index in [4.69, 9.17) is 18.3 Å². The number of aromatic nitrogens is 4. The molecule has 0 amide bonds. The van der Waals surface area contributed by atoms with Gasteiger partial charge in [0.1, 0.15) is 17.2 Å². The molecule has 10 nitrogen and oxygen atoms in total. The fourth-order valence-corrected chi connectivity index (χ4v) is 5.45. The lowest BCUT2D eigenvalue weighted by molar-refractivity contribution is -0.0216. The van der Waals surface area contributed by atoms with Gasteiger partial charge in [-0.15, -0.1) is 15.3 Å². The zero-order valence-electron chi connectivity index (χ0n) is 19.0. The van der Waals surface area contributed by atoms with Crippen molar-refractivity contribution in [2.24, 2.45) is 0 Å². The molecule has 0 bridgehead atoms. The van der Waals surface area contributed by atoms with E-state index in [1.807, 2.05) is 0 Å². The van der Waals surface area contributed by atoms with Crippen LogP contribution < -0.4 is 9.64 Å². The Balaban J connectivity index is 1.05. The number of rotatable bonds is 6. The van der Waals surface area contributed by atoms with Gasteiger partial charge in [-0.25, -0.2) is 4.39 Å². The fraction of sp³-hybridized carbons (Fsp3) is 0.565. The van der Waals surface area contributed by atoms with Crippen molar-refractivity contribution in [2.45, 2.75) is 50.4 Å². The molecule has 0 saturated carbocycles. The molecule has 0 N–H and O–H groups in total. The van der Waals surface area contributed by atoms with E-state index in [1.165, 1.54) is 12.5 Å². The fourth-order valence-electron chi connectivity index (χ4n) is 5.45. The van der Waals surface area contributed by atoms with Gasteiger partial charge in [0.05, 0.1) is 19.7 Å². The molecule has 1 aromatic carbocycles. The minimum Gasteiger partial charge on any atom is -0.484 e. The number of piperidine rings is 1. The summed E-state index contributed by atoms with van der Waals surface area (Å²) in [6, 6.07) is 5.68. The molecule has 180 valence electrons. The quantitative estimate of drug-likeness (QED) is 0.534. The summed E-state index contributed by atoms with van der Waals surface area (Å²) in [7, 11) is 0. The highest BCUT2D eigenvalue weighted by molar-refractivity contribution is 5.37. The molecule has 1 atom stereocenters. The van der Waals surface area contributed by atoms with Gasteiger partial charge in [0.15, 0.2) is 6.61 Å². The topological polar surface area (TPSA) is 103 Å². The number of likely N-dealkylation sites (tertiary alicyclic amines) is 1. The standard InChI is InChI=1S/C23H27FN6O4/c1-15-26-27-21(34-15)11-31-20-3-2-17(24)8-19(20)16-4-6-29(7-5-16)18-9-23(33-10-18)12-30(13-23)22-28-25-14-32-22/h2-3,8,14,16,18H,4-7,9-13H2,1H3. The molecule has 3 aliphatic rings. The normalized spacial score (nSPS) is 22.9. The van der Waals surface area contributed by atoms with Crippen LogP contribution in [0, 0.1) is 12.7 Å². The van der Waals surface area contributed by atoms with Crippen molar-refractivity contribution >= 4 is 6.01 Å². The van der Waals surface area contributed by atoms with E-state index in [0.717, 1.165) is 57.6 Å². The summed E-state index contributed by atoms with van der Waals surface area (Å²) in [6.45, 7) is 6.10. The highest BCUT2D eigenvalue weighted by atomic mass is 19.1. The number of hydrogen-bond donors (Lipinski definition) is 0. The summed E-state index contributed by atoms with van der Waals surface area (Å²) in [6.07, 6.45) is 4.23. The van der Waals surface area contributed by atoms with E-state index in [2.05, 4.69) is 30.2 Å². The third-order valence-electron chi connectivity index (χ3n) is 7.14. The van der Waals surface area contributed by atoms with E-state index < -0.39 is 0 Å². The van der Waals surface area contributed by atoms with Gasteiger partial charge in [-0.2, -0.15) is 0 Å². The Morgan fingerprint density at radius 1 is 1.18 bits per heavy atom. The van der Waals surface area contributed by atoms with Crippen LogP contribution in [0.25, 0.3) is 0 Å². The van der Waals surface area contributed by atoms with E-state index >= 15 is 0 Å². The predicted octanol–water partition coefficient (Wildman–Crippen LogP) is 2.71. The van der Waals surface area contributed by atoms with Gasteiger partial charge in [0, 0.05) is 18.5 Å². The van der Waals surface area contributed by atoms with Crippen molar-refractivity contribution in [3.05, 3.63) is 47.8 Å². The van der Waals surface area contributed by atoms with Crippen LogP contribution in [0.2, 0.25) is 0 Å². The smallest absolute Gasteiger partial charge is 0.318 e. The first kappa shape index (κ1) is 21.5.